The molecule has 0 bridgehead atoms. The molecule has 1 aromatic heterocycles. The fraction of sp³-hybridized carbons (Fsp3) is 0.375. The molecule has 0 saturated heterocycles. The molecule has 0 aliphatic carbocycles. The molecule has 8 nitrogen and oxygen atoms in total. The number of rotatable bonds is 3. The van der Waals surface area contributed by atoms with Gasteiger partial charge in [0.05, 0.1) is 12.8 Å². The molecule has 1 aromatic carbocycles. The zero-order valence-corrected chi connectivity index (χ0v) is 14.2. The Morgan fingerprint density at radius 3 is 3.04 bits per heavy atom. The summed E-state index contributed by atoms with van der Waals surface area (Å²) in [5, 5.41) is 4.00. The van der Waals surface area contributed by atoms with Gasteiger partial charge in [0.1, 0.15) is 5.75 Å². The number of aromatic nitrogens is 2. The van der Waals surface area contributed by atoms with E-state index in [2.05, 4.69) is 9.82 Å². The van der Waals surface area contributed by atoms with Crippen LogP contribution in [0.4, 0.5) is 0 Å². The lowest BCUT2D eigenvalue weighted by atomic mass is 10.0. The van der Waals surface area contributed by atoms with Gasteiger partial charge in [-0.15, -0.1) is 0 Å². The van der Waals surface area contributed by atoms with Gasteiger partial charge in [0.15, 0.2) is 11.0 Å². The van der Waals surface area contributed by atoms with Crippen molar-refractivity contribution in [2.75, 3.05) is 6.61 Å². The van der Waals surface area contributed by atoms with Gasteiger partial charge in [-0.1, -0.05) is 18.2 Å². The Kier molecular flexibility index (Phi) is 3.87. The van der Waals surface area contributed by atoms with Crippen molar-refractivity contribution < 1.29 is 22.7 Å². The van der Waals surface area contributed by atoms with Crippen LogP contribution in [-0.4, -0.2) is 36.8 Å². The molecule has 2 aromatic rings. The molecule has 0 radical (unpaired) electrons. The normalized spacial score (nSPS) is 19.1. The molecule has 25 heavy (non-hydrogen) atoms. The lowest BCUT2D eigenvalue weighted by Gasteiger charge is -2.25. The van der Waals surface area contributed by atoms with Crippen molar-refractivity contribution in [3.05, 3.63) is 36.0 Å². The van der Waals surface area contributed by atoms with Crippen LogP contribution < -0.4 is 14.2 Å². The highest BCUT2D eigenvalue weighted by molar-refractivity contribution is 7.90. The van der Waals surface area contributed by atoms with Crippen molar-refractivity contribution in [2.45, 2.75) is 36.8 Å². The monoisotopic (exact) mass is 363 g/mol. The van der Waals surface area contributed by atoms with Gasteiger partial charge in [-0.2, -0.15) is 5.10 Å². The number of fused-ring (bicyclic) bond motifs is 2. The van der Waals surface area contributed by atoms with E-state index in [0.717, 1.165) is 12.0 Å². The maximum Gasteiger partial charge on any atom is 0.274 e. The van der Waals surface area contributed by atoms with Crippen molar-refractivity contribution in [3.8, 4) is 11.6 Å². The summed E-state index contributed by atoms with van der Waals surface area (Å²) in [6, 6.07) is 7.41. The van der Waals surface area contributed by atoms with Gasteiger partial charge >= 0.3 is 0 Å². The largest absolute Gasteiger partial charge is 0.480 e. The molecule has 0 fully saturated rings. The highest BCUT2D eigenvalue weighted by atomic mass is 32.2. The zero-order valence-electron chi connectivity index (χ0n) is 13.3. The summed E-state index contributed by atoms with van der Waals surface area (Å²) < 4.78 is 39.7. The fourth-order valence-electron chi connectivity index (χ4n) is 2.99. The number of hydrogen-bond donors (Lipinski definition) is 1. The second kappa shape index (κ2) is 6.07. The standard InChI is InChI=1S/C16H17N3O5S/c20-15(13-7-6-11-4-1-2-5-12(11)24-13)18-25(21,22)14-10-17-19-8-3-9-23-16(14)19/h1-2,4-5,10,13H,3,6-9H2,(H,18,20). The Balaban J connectivity index is 1.52. The summed E-state index contributed by atoms with van der Waals surface area (Å²) in [6.45, 7) is 1.01. The molecular formula is C16H17N3O5S. The second-order valence-corrected chi connectivity index (χ2v) is 7.61. The van der Waals surface area contributed by atoms with E-state index in [9.17, 15) is 13.2 Å². The molecule has 1 atom stereocenters. The molecule has 9 heteroatoms. The molecular weight excluding hydrogens is 346 g/mol. The fourth-order valence-corrected chi connectivity index (χ4v) is 4.08. The average molecular weight is 363 g/mol. The van der Waals surface area contributed by atoms with Crippen LogP contribution in [0.15, 0.2) is 35.4 Å². The summed E-state index contributed by atoms with van der Waals surface area (Å²) >= 11 is 0. The maximum absolute atomic E-state index is 12.5. The van der Waals surface area contributed by atoms with Crippen molar-refractivity contribution >= 4 is 15.9 Å². The van der Waals surface area contributed by atoms with Crippen molar-refractivity contribution in [1.82, 2.24) is 14.5 Å². The van der Waals surface area contributed by atoms with Crippen LogP contribution in [0.3, 0.4) is 0 Å². The van der Waals surface area contributed by atoms with Gasteiger partial charge in [-0.05, 0) is 24.5 Å². The van der Waals surface area contributed by atoms with Gasteiger partial charge in [-0.3, -0.25) is 4.79 Å². The van der Waals surface area contributed by atoms with Gasteiger partial charge in [-0.25, -0.2) is 17.8 Å². The molecule has 0 saturated carbocycles. The summed E-state index contributed by atoms with van der Waals surface area (Å²) in [6.07, 6.45) is 2.18. The quantitative estimate of drug-likeness (QED) is 0.868. The second-order valence-electron chi connectivity index (χ2n) is 5.96. The molecule has 3 heterocycles. The molecule has 1 unspecified atom stereocenters. The first kappa shape index (κ1) is 15.9. The van der Waals surface area contributed by atoms with Crippen LogP contribution in [0, 0.1) is 0 Å². The average Bonchev–Trinajstić information content (AvgIpc) is 3.06. The van der Waals surface area contributed by atoms with Gasteiger partial charge < -0.3 is 9.47 Å². The zero-order chi connectivity index (χ0) is 17.4. The molecule has 1 N–H and O–H groups in total. The molecule has 132 valence electrons. The minimum absolute atomic E-state index is 0.128. The molecule has 1 amide bonds. The Morgan fingerprint density at radius 1 is 1.32 bits per heavy atom. The summed E-state index contributed by atoms with van der Waals surface area (Å²) in [4.78, 5) is 12.3. The van der Waals surface area contributed by atoms with E-state index in [1.165, 1.54) is 10.9 Å². The third-order valence-electron chi connectivity index (χ3n) is 4.25. The number of nitrogens with zero attached hydrogens (tertiary/aromatic N) is 2. The molecule has 2 aliphatic rings. The number of sulfonamides is 1. The van der Waals surface area contributed by atoms with E-state index < -0.39 is 22.0 Å². The molecule has 2 aliphatic heterocycles. The van der Waals surface area contributed by atoms with Gasteiger partial charge in [0.2, 0.25) is 5.88 Å². The number of para-hydroxylation sites is 1. The number of hydrogen-bond acceptors (Lipinski definition) is 6. The number of amides is 1. The predicted molar refractivity (Wildman–Crippen MR) is 86.8 cm³/mol. The van der Waals surface area contributed by atoms with E-state index in [0.29, 0.717) is 31.7 Å². The van der Waals surface area contributed by atoms with Gasteiger partial charge in [0.25, 0.3) is 15.9 Å². The Bertz CT molecular complexity index is 922. The van der Waals surface area contributed by atoms with Gasteiger partial charge in [0, 0.05) is 13.0 Å². The number of ether oxygens (including phenoxy) is 2. The van der Waals surface area contributed by atoms with E-state index in [-0.39, 0.29) is 10.8 Å². The molecule has 4 rings (SSSR count). The smallest absolute Gasteiger partial charge is 0.274 e. The highest BCUT2D eigenvalue weighted by Gasteiger charge is 2.33. The summed E-state index contributed by atoms with van der Waals surface area (Å²) in [5.74, 6) is 0.0873. The van der Waals surface area contributed by atoms with Crippen LogP contribution in [0.2, 0.25) is 0 Å². The third kappa shape index (κ3) is 2.95. The lowest BCUT2D eigenvalue weighted by molar-refractivity contribution is -0.126. The highest BCUT2D eigenvalue weighted by Crippen LogP contribution is 2.29. The number of aryl methyl sites for hydroxylation is 2. The minimum Gasteiger partial charge on any atom is -0.480 e. The number of benzene rings is 1. The van der Waals surface area contributed by atoms with E-state index in [1.54, 1.807) is 6.07 Å². The maximum atomic E-state index is 12.5. The van der Waals surface area contributed by atoms with Crippen molar-refractivity contribution in [1.29, 1.82) is 0 Å². The third-order valence-corrected chi connectivity index (χ3v) is 5.58. The Labute approximate surface area is 144 Å². The number of carbonyl (C=O) groups excluding carboxylic acids is 1. The topological polar surface area (TPSA) is 99.5 Å². The predicted octanol–water partition coefficient (Wildman–Crippen LogP) is 0.864. The first-order chi connectivity index (χ1) is 12.0. The number of carbonyl (C=O) groups is 1. The first-order valence-electron chi connectivity index (χ1n) is 8.04. The Hall–Kier alpha value is -2.55. The number of nitrogens with one attached hydrogen (secondary N) is 1. The summed E-state index contributed by atoms with van der Waals surface area (Å²) in [7, 11) is -4.07. The van der Waals surface area contributed by atoms with Crippen LogP contribution in [0.25, 0.3) is 0 Å². The first-order valence-corrected chi connectivity index (χ1v) is 9.53. The van der Waals surface area contributed by atoms with E-state index in [4.69, 9.17) is 9.47 Å². The lowest BCUT2D eigenvalue weighted by Crippen LogP contribution is -2.43. The molecule has 0 spiro atoms. The Morgan fingerprint density at radius 2 is 2.16 bits per heavy atom. The van der Waals surface area contributed by atoms with Crippen LogP contribution >= 0.6 is 0 Å². The van der Waals surface area contributed by atoms with Crippen molar-refractivity contribution in [2.24, 2.45) is 0 Å². The van der Waals surface area contributed by atoms with E-state index >= 15 is 0 Å². The van der Waals surface area contributed by atoms with E-state index in [1.807, 2.05) is 18.2 Å². The van der Waals surface area contributed by atoms with Crippen LogP contribution in [-0.2, 0) is 27.8 Å². The summed E-state index contributed by atoms with van der Waals surface area (Å²) in [5.41, 5.74) is 1.01. The van der Waals surface area contributed by atoms with Crippen LogP contribution in [0.1, 0.15) is 18.4 Å². The SMILES string of the molecule is O=C(NS(=O)(=O)c1cnn2c1OCCC2)C1CCc2ccccc2O1. The van der Waals surface area contributed by atoms with Crippen molar-refractivity contribution in [3.63, 3.8) is 0 Å². The minimum atomic E-state index is -4.07. The van der Waals surface area contributed by atoms with Crippen LogP contribution in [0.5, 0.6) is 11.6 Å².